The molecule has 1 aliphatic rings. The average molecular weight is 391 g/mol. The third-order valence-electron chi connectivity index (χ3n) is 4.15. The molecule has 2 heterocycles. The summed E-state index contributed by atoms with van der Waals surface area (Å²) in [6, 6.07) is 4.92. The molecule has 122 valence electrons. The minimum absolute atomic E-state index is 0.0234. The molecule has 3 N–H and O–H groups in total. The molecule has 1 aromatic rings. The third kappa shape index (κ3) is 3.08. The maximum absolute atomic E-state index is 14.1. The van der Waals surface area contributed by atoms with Crippen LogP contribution in [-0.2, 0) is 15.7 Å². The van der Waals surface area contributed by atoms with Crippen molar-refractivity contribution in [3.63, 3.8) is 0 Å². The van der Waals surface area contributed by atoms with Crippen LogP contribution in [0.1, 0.15) is 32.4 Å². The van der Waals surface area contributed by atoms with Gasteiger partial charge in [-0.2, -0.15) is 5.26 Å². The second-order valence-electron chi connectivity index (χ2n) is 6.18. The van der Waals surface area contributed by atoms with Gasteiger partial charge in [0, 0.05) is 12.3 Å². The van der Waals surface area contributed by atoms with Gasteiger partial charge >= 0.3 is 0 Å². The molecule has 0 aliphatic carbocycles. The Kier molecular flexibility index (Phi) is 4.74. The highest BCUT2D eigenvalue weighted by molar-refractivity contribution is 9.10. The number of pyridine rings is 1. The van der Waals surface area contributed by atoms with Crippen LogP contribution in [0.5, 0.6) is 0 Å². The van der Waals surface area contributed by atoms with E-state index in [2.05, 4.69) is 31.7 Å². The Bertz CT molecular complexity index is 675. The summed E-state index contributed by atoms with van der Waals surface area (Å²) in [4.78, 5) is 4.10. The Morgan fingerprint density at radius 1 is 1.68 bits per heavy atom. The molecular weight excluding hydrogens is 371 g/mol. The number of aromatic nitrogens is 1. The molecule has 0 unspecified atom stereocenters. The second kappa shape index (κ2) is 5.96. The van der Waals surface area contributed by atoms with Crippen LogP contribution >= 0.6 is 15.9 Å². The van der Waals surface area contributed by atoms with Crippen LogP contribution < -0.4 is 10.5 Å². The monoisotopic (exact) mass is 390 g/mol. The molecule has 22 heavy (non-hydrogen) atoms. The van der Waals surface area contributed by atoms with E-state index in [9.17, 15) is 13.9 Å². The molecule has 1 aromatic heterocycles. The second-order valence-corrected chi connectivity index (χ2v) is 10.1. The lowest BCUT2D eigenvalue weighted by Gasteiger charge is -2.45. The normalized spacial score (nSPS) is 28.4. The van der Waals surface area contributed by atoms with E-state index in [-0.39, 0.29) is 11.4 Å². The van der Waals surface area contributed by atoms with Gasteiger partial charge in [0.25, 0.3) is 0 Å². The van der Waals surface area contributed by atoms with Crippen molar-refractivity contribution in [1.29, 1.82) is 5.26 Å². The standard InChI is InChI=1S/C14H20BrFN4OS/c1-13(8-17)6-3-7-19-22(13,21)9-14(2,18)12-10(16)4-5-11(15)20-12/h4-5,22H,3,6-7,9,18H2,1-2H3,(H,19,21)/t13-,14-/m0/s1. The number of nitriles is 1. The van der Waals surface area contributed by atoms with Crippen molar-refractivity contribution in [2.24, 2.45) is 5.73 Å². The van der Waals surface area contributed by atoms with E-state index in [1.807, 2.05) is 0 Å². The highest BCUT2D eigenvalue weighted by Crippen LogP contribution is 2.35. The topological polar surface area (TPSA) is 91.8 Å². The molecule has 1 aliphatic heterocycles. The SMILES string of the molecule is C[C@](N)(C[SH]1(=O)NCCC[C@@]1(C)C#N)c1nc(Br)ccc1F. The summed E-state index contributed by atoms with van der Waals surface area (Å²) in [5, 5.41) is 9.45. The zero-order valence-electron chi connectivity index (χ0n) is 12.6. The number of hydrogen-bond acceptors (Lipinski definition) is 4. The van der Waals surface area contributed by atoms with Gasteiger partial charge in [0.05, 0.1) is 17.3 Å². The van der Waals surface area contributed by atoms with Crippen LogP contribution in [0.15, 0.2) is 16.7 Å². The Morgan fingerprint density at radius 3 is 3.00 bits per heavy atom. The summed E-state index contributed by atoms with van der Waals surface area (Å²) in [7, 11) is -3.12. The van der Waals surface area contributed by atoms with Gasteiger partial charge in [-0.05, 0) is 64.9 Å². The Morgan fingerprint density at radius 2 is 2.36 bits per heavy atom. The van der Waals surface area contributed by atoms with Gasteiger partial charge in [0.15, 0.2) is 0 Å². The first kappa shape index (κ1) is 17.5. The first-order chi connectivity index (χ1) is 10.1. The van der Waals surface area contributed by atoms with Crippen LogP contribution in [0.25, 0.3) is 0 Å². The fraction of sp³-hybridized carbons (Fsp3) is 0.571. The van der Waals surface area contributed by atoms with Gasteiger partial charge in [-0.15, -0.1) is 0 Å². The molecule has 0 aromatic carbocycles. The van der Waals surface area contributed by atoms with E-state index in [1.165, 1.54) is 12.1 Å². The van der Waals surface area contributed by atoms with Crippen LogP contribution in [0, 0.1) is 17.1 Å². The predicted octanol–water partition coefficient (Wildman–Crippen LogP) is 1.75. The molecule has 8 heteroatoms. The lowest BCUT2D eigenvalue weighted by molar-refractivity contribution is 0.467. The summed E-state index contributed by atoms with van der Waals surface area (Å²) >= 11 is 3.19. The van der Waals surface area contributed by atoms with E-state index in [0.717, 1.165) is 6.42 Å². The lowest BCUT2D eigenvalue weighted by Crippen LogP contribution is -2.60. The number of nitrogens with one attached hydrogen (secondary N) is 1. The molecule has 1 saturated heterocycles. The summed E-state index contributed by atoms with van der Waals surface area (Å²) in [5.41, 5.74) is 5.06. The fourth-order valence-corrected chi connectivity index (χ4v) is 6.16. The van der Waals surface area contributed by atoms with Crippen molar-refractivity contribution >= 4 is 26.0 Å². The van der Waals surface area contributed by atoms with E-state index in [1.54, 1.807) is 13.8 Å². The molecule has 2 rings (SSSR count). The average Bonchev–Trinajstić information content (AvgIpc) is 2.44. The Hall–Kier alpha value is -0.880. The minimum Gasteiger partial charge on any atom is -0.320 e. The van der Waals surface area contributed by atoms with Gasteiger partial charge < -0.3 is 5.73 Å². The van der Waals surface area contributed by atoms with Crippen molar-refractivity contribution in [1.82, 2.24) is 9.71 Å². The zero-order valence-corrected chi connectivity index (χ0v) is 15.0. The molecule has 0 bridgehead atoms. The first-order valence-electron chi connectivity index (χ1n) is 7.00. The molecule has 0 amide bonds. The van der Waals surface area contributed by atoms with E-state index in [0.29, 0.717) is 17.6 Å². The minimum atomic E-state index is -3.12. The molecular formula is C14H20BrFN4OS. The summed E-state index contributed by atoms with van der Waals surface area (Å²) in [6.45, 7) is 3.85. The van der Waals surface area contributed by atoms with Crippen LogP contribution in [0.2, 0.25) is 0 Å². The van der Waals surface area contributed by atoms with Crippen LogP contribution in [-0.4, -0.2) is 26.2 Å². The quantitative estimate of drug-likeness (QED) is 0.541. The molecule has 0 radical (unpaired) electrons. The molecule has 5 nitrogen and oxygen atoms in total. The van der Waals surface area contributed by atoms with Gasteiger partial charge in [0.2, 0.25) is 0 Å². The highest BCUT2D eigenvalue weighted by atomic mass is 79.9. The summed E-state index contributed by atoms with van der Waals surface area (Å²) in [6.07, 6.45) is 1.32. The van der Waals surface area contributed by atoms with Crippen molar-refractivity contribution in [2.45, 2.75) is 37.0 Å². The van der Waals surface area contributed by atoms with Crippen molar-refractivity contribution in [3.8, 4) is 6.07 Å². The number of thiol groups is 1. The lowest BCUT2D eigenvalue weighted by atomic mass is 10.0. The van der Waals surface area contributed by atoms with Crippen molar-refractivity contribution in [2.75, 3.05) is 12.3 Å². The maximum Gasteiger partial charge on any atom is 0.146 e. The maximum atomic E-state index is 14.1. The number of hydrogen-bond donors (Lipinski definition) is 3. The van der Waals surface area contributed by atoms with Crippen molar-refractivity contribution in [3.05, 3.63) is 28.2 Å². The van der Waals surface area contributed by atoms with Crippen LogP contribution in [0.4, 0.5) is 4.39 Å². The van der Waals surface area contributed by atoms with E-state index in [4.69, 9.17) is 5.73 Å². The van der Waals surface area contributed by atoms with E-state index < -0.39 is 26.2 Å². The number of nitrogens with two attached hydrogens (primary N) is 1. The summed E-state index contributed by atoms with van der Waals surface area (Å²) in [5.74, 6) is -0.569. The zero-order chi connectivity index (χ0) is 16.6. The molecule has 1 fully saturated rings. The first-order valence-corrected chi connectivity index (χ1v) is 9.69. The van der Waals surface area contributed by atoms with Gasteiger partial charge in [-0.25, -0.2) is 9.37 Å². The smallest absolute Gasteiger partial charge is 0.146 e. The van der Waals surface area contributed by atoms with Gasteiger partial charge in [-0.1, -0.05) is 0 Å². The predicted molar refractivity (Wildman–Crippen MR) is 89.1 cm³/mol. The van der Waals surface area contributed by atoms with Gasteiger partial charge in [0.1, 0.15) is 15.2 Å². The number of rotatable bonds is 3. The van der Waals surface area contributed by atoms with Crippen molar-refractivity contribution < 1.29 is 8.60 Å². The van der Waals surface area contributed by atoms with E-state index >= 15 is 0 Å². The summed E-state index contributed by atoms with van der Waals surface area (Å²) < 4.78 is 29.9. The number of nitrogens with zero attached hydrogens (tertiary/aromatic N) is 2. The third-order valence-corrected chi connectivity index (χ3v) is 8.35. The fourth-order valence-electron chi connectivity index (χ4n) is 2.77. The Labute approximate surface area is 139 Å². The highest BCUT2D eigenvalue weighted by Gasteiger charge is 2.46. The number of halogens is 2. The molecule has 0 saturated carbocycles. The van der Waals surface area contributed by atoms with Crippen LogP contribution in [0.3, 0.4) is 0 Å². The largest absolute Gasteiger partial charge is 0.320 e. The molecule has 0 spiro atoms. The Balaban J connectivity index is 2.41. The van der Waals surface area contributed by atoms with Gasteiger partial charge in [-0.3, -0.25) is 8.93 Å². The molecule has 2 atom stereocenters.